The minimum Gasteiger partial charge on any atom is -0.382 e. The van der Waals surface area contributed by atoms with Crippen LogP contribution in [0, 0.1) is 0 Å². The van der Waals surface area contributed by atoms with Gasteiger partial charge in [-0.2, -0.15) is 0 Å². The standard InChI is InChI=1S/C15H20N6O3S2/c16-13-12(14(22)19-10-2-1-7-18-8-10)25-15(21-13)20-9-3-5-11(6-4-9)26(17,23)24/h3-6,10,18H,1-2,7-8,16H2,(H,19,22)(H,20,21)(H2,17,23,24). The molecule has 140 valence electrons. The van der Waals surface area contributed by atoms with Gasteiger partial charge in [0.1, 0.15) is 10.7 Å². The monoisotopic (exact) mass is 396 g/mol. The SMILES string of the molecule is Nc1nc(Nc2ccc(S(N)(=O)=O)cc2)sc1C(=O)NC1CCCNC1. The van der Waals surface area contributed by atoms with Crippen LogP contribution in [0.15, 0.2) is 29.2 Å². The van der Waals surface area contributed by atoms with E-state index in [9.17, 15) is 13.2 Å². The highest BCUT2D eigenvalue weighted by Crippen LogP contribution is 2.28. The predicted molar refractivity (Wildman–Crippen MR) is 101 cm³/mol. The number of benzene rings is 1. The fraction of sp³-hybridized carbons (Fsp3) is 0.333. The molecule has 0 saturated carbocycles. The van der Waals surface area contributed by atoms with Crippen LogP contribution in [0.4, 0.5) is 16.6 Å². The number of anilines is 3. The van der Waals surface area contributed by atoms with Gasteiger partial charge < -0.3 is 21.7 Å². The highest BCUT2D eigenvalue weighted by atomic mass is 32.2. The van der Waals surface area contributed by atoms with Gasteiger partial charge in [-0.25, -0.2) is 18.5 Å². The zero-order chi connectivity index (χ0) is 18.7. The van der Waals surface area contributed by atoms with Crippen molar-refractivity contribution in [3.63, 3.8) is 0 Å². The number of primary sulfonamides is 1. The molecule has 2 aromatic rings. The van der Waals surface area contributed by atoms with Crippen LogP contribution in [0.2, 0.25) is 0 Å². The van der Waals surface area contributed by atoms with Gasteiger partial charge in [0.05, 0.1) is 4.90 Å². The maximum absolute atomic E-state index is 12.4. The molecule has 1 aliphatic heterocycles. The molecule has 1 unspecified atom stereocenters. The summed E-state index contributed by atoms with van der Waals surface area (Å²) in [6.45, 7) is 1.71. The molecular weight excluding hydrogens is 376 g/mol. The Kier molecular flexibility index (Phi) is 5.41. The Labute approximate surface area is 155 Å². The summed E-state index contributed by atoms with van der Waals surface area (Å²) in [5, 5.41) is 14.7. The molecule has 0 radical (unpaired) electrons. The molecule has 1 fully saturated rings. The van der Waals surface area contributed by atoms with Gasteiger partial charge in [-0.15, -0.1) is 0 Å². The van der Waals surface area contributed by atoms with Crippen molar-refractivity contribution in [3.05, 3.63) is 29.1 Å². The fourth-order valence-electron chi connectivity index (χ4n) is 2.63. The van der Waals surface area contributed by atoms with E-state index in [-0.39, 0.29) is 22.7 Å². The second-order valence-electron chi connectivity index (χ2n) is 5.94. The van der Waals surface area contributed by atoms with Crippen LogP contribution < -0.4 is 26.8 Å². The van der Waals surface area contributed by atoms with Crippen molar-refractivity contribution < 1.29 is 13.2 Å². The van der Waals surface area contributed by atoms with Gasteiger partial charge in [0.25, 0.3) is 5.91 Å². The number of hydrogen-bond donors (Lipinski definition) is 5. The second-order valence-corrected chi connectivity index (χ2v) is 8.51. The van der Waals surface area contributed by atoms with Gasteiger partial charge >= 0.3 is 0 Å². The summed E-state index contributed by atoms with van der Waals surface area (Å²) in [5.41, 5.74) is 6.48. The zero-order valence-corrected chi connectivity index (χ0v) is 15.5. The molecular formula is C15H20N6O3S2. The number of aromatic nitrogens is 1. The number of nitrogens with zero attached hydrogens (tertiary/aromatic N) is 1. The van der Waals surface area contributed by atoms with Gasteiger partial charge in [-0.1, -0.05) is 11.3 Å². The van der Waals surface area contributed by atoms with Crippen molar-refractivity contribution in [1.29, 1.82) is 0 Å². The van der Waals surface area contributed by atoms with E-state index in [2.05, 4.69) is 20.9 Å². The highest BCUT2D eigenvalue weighted by molar-refractivity contribution is 7.89. The second kappa shape index (κ2) is 7.58. The van der Waals surface area contributed by atoms with Gasteiger partial charge in [0, 0.05) is 18.3 Å². The van der Waals surface area contributed by atoms with E-state index in [1.807, 2.05) is 0 Å². The summed E-state index contributed by atoms with van der Waals surface area (Å²) in [4.78, 5) is 16.9. The maximum Gasteiger partial charge on any atom is 0.265 e. The van der Waals surface area contributed by atoms with Gasteiger partial charge in [-0.05, 0) is 43.7 Å². The van der Waals surface area contributed by atoms with E-state index < -0.39 is 10.0 Å². The molecule has 11 heteroatoms. The van der Waals surface area contributed by atoms with Crippen molar-refractivity contribution in [1.82, 2.24) is 15.6 Å². The molecule has 2 heterocycles. The van der Waals surface area contributed by atoms with Gasteiger partial charge in [0.2, 0.25) is 10.0 Å². The van der Waals surface area contributed by atoms with Crippen LogP contribution in [-0.2, 0) is 10.0 Å². The van der Waals surface area contributed by atoms with Crippen LogP contribution in [0.5, 0.6) is 0 Å². The first-order valence-electron chi connectivity index (χ1n) is 8.01. The first-order valence-corrected chi connectivity index (χ1v) is 10.4. The summed E-state index contributed by atoms with van der Waals surface area (Å²) in [6, 6.07) is 5.98. The summed E-state index contributed by atoms with van der Waals surface area (Å²) >= 11 is 1.14. The summed E-state index contributed by atoms with van der Waals surface area (Å²) < 4.78 is 22.5. The van der Waals surface area contributed by atoms with Crippen molar-refractivity contribution in [2.45, 2.75) is 23.8 Å². The normalized spacial score (nSPS) is 17.7. The third-order valence-electron chi connectivity index (χ3n) is 3.93. The molecule has 1 aromatic heterocycles. The van der Waals surface area contributed by atoms with E-state index in [0.29, 0.717) is 15.7 Å². The van der Waals surface area contributed by atoms with Crippen molar-refractivity contribution >= 4 is 43.9 Å². The molecule has 3 rings (SSSR count). The third kappa shape index (κ3) is 4.49. The summed E-state index contributed by atoms with van der Waals surface area (Å²) in [5.74, 6) is -0.0914. The Bertz CT molecular complexity index is 889. The van der Waals surface area contributed by atoms with Crippen LogP contribution in [0.1, 0.15) is 22.5 Å². The minimum atomic E-state index is -3.74. The topological polar surface area (TPSA) is 152 Å². The number of nitrogens with two attached hydrogens (primary N) is 2. The molecule has 1 atom stereocenters. The average Bonchev–Trinajstić information content (AvgIpc) is 2.96. The van der Waals surface area contributed by atoms with Gasteiger partial charge in [0.15, 0.2) is 5.13 Å². The Hall–Kier alpha value is -2.21. The number of carbonyl (C=O) groups is 1. The van der Waals surface area contributed by atoms with Crippen molar-refractivity contribution in [2.75, 3.05) is 24.1 Å². The third-order valence-corrected chi connectivity index (χ3v) is 5.84. The number of hydrogen-bond acceptors (Lipinski definition) is 8. The van der Waals surface area contributed by atoms with Crippen LogP contribution in [-0.4, -0.2) is 38.4 Å². The molecule has 1 aliphatic rings. The number of amides is 1. The minimum absolute atomic E-state index is 0.0165. The smallest absolute Gasteiger partial charge is 0.265 e. The molecule has 0 spiro atoms. The zero-order valence-electron chi connectivity index (χ0n) is 13.9. The number of rotatable bonds is 5. The molecule has 7 N–H and O–H groups in total. The quantitative estimate of drug-likeness (QED) is 0.496. The lowest BCUT2D eigenvalue weighted by Gasteiger charge is -2.23. The average molecular weight is 396 g/mol. The Morgan fingerprint density at radius 1 is 1.31 bits per heavy atom. The molecule has 1 amide bonds. The number of nitrogens with one attached hydrogen (secondary N) is 3. The van der Waals surface area contributed by atoms with E-state index in [1.54, 1.807) is 12.1 Å². The highest BCUT2D eigenvalue weighted by Gasteiger charge is 2.21. The fourth-order valence-corrected chi connectivity index (χ4v) is 3.95. The molecule has 26 heavy (non-hydrogen) atoms. The molecule has 1 aromatic carbocycles. The van der Waals surface area contributed by atoms with Gasteiger partial charge in [-0.3, -0.25) is 4.79 Å². The molecule has 1 saturated heterocycles. The number of nitrogen functional groups attached to an aromatic ring is 1. The van der Waals surface area contributed by atoms with E-state index >= 15 is 0 Å². The van der Waals surface area contributed by atoms with Crippen LogP contribution in [0.3, 0.4) is 0 Å². The number of thiazole rings is 1. The first kappa shape index (κ1) is 18.6. The predicted octanol–water partition coefficient (Wildman–Crippen LogP) is 0.598. The lowest BCUT2D eigenvalue weighted by Crippen LogP contribution is -2.45. The molecule has 0 bridgehead atoms. The first-order chi connectivity index (χ1) is 12.3. The van der Waals surface area contributed by atoms with Crippen molar-refractivity contribution in [2.24, 2.45) is 5.14 Å². The molecule has 0 aliphatic carbocycles. The summed E-state index contributed by atoms with van der Waals surface area (Å²) in [6.07, 6.45) is 1.95. The Balaban J connectivity index is 1.68. The Morgan fingerprint density at radius 3 is 2.65 bits per heavy atom. The van der Waals surface area contributed by atoms with Crippen LogP contribution >= 0.6 is 11.3 Å². The molecule has 9 nitrogen and oxygen atoms in total. The van der Waals surface area contributed by atoms with Crippen LogP contribution in [0.25, 0.3) is 0 Å². The number of sulfonamides is 1. The number of carbonyl (C=O) groups excluding carboxylic acids is 1. The number of piperidine rings is 1. The van der Waals surface area contributed by atoms with E-state index in [1.165, 1.54) is 12.1 Å². The Morgan fingerprint density at radius 2 is 2.04 bits per heavy atom. The lowest BCUT2D eigenvalue weighted by atomic mass is 10.1. The lowest BCUT2D eigenvalue weighted by molar-refractivity contribution is 0.0935. The maximum atomic E-state index is 12.4. The summed E-state index contributed by atoms with van der Waals surface area (Å²) in [7, 11) is -3.74. The van der Waals surface area contributed by atoms with E-state index in [4.69, 9.17) is 10.9 Å². The van der Waals surface area contributed by atoms with E-state index in [0.717, 1.165) is 37.3 Å². The largest absolute Gasteiger partial charge is 0.382 e. The van der Waals surface area contributed by atoms with Crippen molar-refractivity contribution in [3.8, 4) is 0 Å².